The number of rotatable bonds is 24. The number of hydrogen-bond acceptors (Lipinski definition) is 9. The Hall–Kier alpha value is -1.55. The van der Waals surface area contributed by atoms with Gasteiger partial charge in [-0.3, -0.25) is 18.6 Å². The quantitative estimate of drug-likeness (QED) is 0.0664. The zero-order valence-corrected chi connectivity index (χ0v) is 23.3. The second-order valence-electron chi connectivity index (χ2n) is 8.79. The van der Waals surface area contributed by atoms with Gasteiger partial charge in [0.05, 0.1) is 19.8 Å². The molecule has 3 N–H and O–H groups in total. The summed E-state index contributed by atoms with van der Waals surface area (Å²) < 4.78 is 31.2. The van der Waals surface area contributed by atoms with E-state index in [1.165, 1.54) is 26.2 Å². The lowest BCUT2D eigenvalue weighted by molar-refractivity contribution is -0.160. The van der Waals surface area contributed by atoms with Gasteiger partial charge in [-0.15, -0.1) is 0 Å². The molecule has 216 valence electrons. The molecular weight excluding hydrogens is 503 g/mol. The Morgan fingerprint density at radius 2 is 1.46 bits per heavy atom. The third kappa shape index (κ3) is 24.5. The molecule has 0 amide bonds. The Morgan fingerprint density at radius 1 is 0.865 bits per heavy atom. The maximum atomic E-state index is 12.2. The van der Waals surface area contributed by atoms with Crippen LogP contribution in [0.3, 0.4) is 0 Å². The molecule has 0 heterocycles. The first-order chi connectivity index (χ1) is 17.7. The number of hydrogen-bond donors (Lipinski definition) is 3. The van der Waals surface area contributed by atoms with Gasteiger partial charge in [0.25, 0.3) is 0 Å². The molecule has 0 aliphatic carbocycles. The van der Waals surface area contributed by atoms with E-state index in [4.69, 9.17) is 19.1 Å². The minimum atomic E-state index is -4.57. The van der Waals surface area contributed by atoms with Crippen molar-refractivity contribution in [2.24, 2.45) is 0 Å². The minimum Gasteiger partial charge on any atom is -0.462 e. The first-order valence-corrected chi connectivity index (χ1v) is 14.7. The smallest absolute Gasteiger partial charge is 0.462 e. The van der Waals surface area contributed by atoms with Gasteiger partial charge in [-0.2, -0.15) is 0 Å². The van der Waals surface area contributed by atoms with Crippen molar-refractivity contribution in [3.05, 3.63) is 24.3 Å². The lowest BCUT2D eigenvalue weighted by atomic mass is 10.1. The molecule has 3 atom stereocenters. The fourth-order valence-corrected chi connectivity index (χ4v) is 3.89. The number of ether oxygens (including phenoxy) is 2. The monoisotopic (exact) mass is 550 g/mol. The maximum Gasteiger partial charge on any atom is 0.472 e. The summed E-state index contributed by atoms with van der Waals surface area (Å²) in [5.74, 6) is -1.14. The molecule has 0 aromatic heterocycles. The molecular formula is C26H47O10P. The lowest BCUT2D eigenvalue weighted by Gasteiger charge is -2.20. The molecule has 11 heteroatoms. The summed E-state index contributed by atoms with van der Waals surface area (Å²) in [7, 11) is -4.57. The maximum absolute atomic E-state index is 12.2. The largest absolute Gasteiger partial charge is 0.472 e. The molecule has 0 fully saturated rings. The number of carbonyl (C=O) groups is 2. The second kappa shape index (κ2) is 23.6. The highest BCUT2D eigenvalue weighted by Gasteiger charge is 2.26. The molecule has 0 saturated heterocycles. The first-order valence-electron chi connectivity index (χ1n) is 13.2. The van der Waals surface area contributed by atoms with Crippen LogP contribution in [0.5, 0.6) is 0 Å². The van der Waals surface area contributed by atoms with Gasteiger partial charge in [0, 0.05) is 13.3 Å². The summed E-state index contributed by atoms with van der Waals surface area (Å²) in [6.07, 6.45) is 18.3. The van der Waals surface area contributed by atoms with Gasteiger partial charge in [0.1, 0.15) is 12.7 Å². The third-order valence-corrected chi connectivity index (χ3v) is 6.12. The van der Waals surface area contributed by atoms with Crippen LogP contribution in [-0.2, 0) is 32.7 Å². The van der Waals surface area contributed by atoms with E-state index in [1.807, 2.05) is 0 Å². The molecule has 0 radical (unpaired) electrons. The molecule has 0 aliphatic rings. The Kier molecular flexibility index (Phi) is 22.6. The van der Waals surface area contributed by atoms with E-state index >= 15 is 0 Å². The fourth-order valence-electron chi connectivity index (χ4n) is 3.10. The van der Waals surface area contributed by atoms with Crippen molar-refractivity contribution in [1.29, 1.82) is 0 Å². The van der Waals surface area contributed by atoms with Crippen LogP contribution < -0.4 is 0 Å². The molecule has 0 rings (SSSR count). The Balaban J connectivity index is 4.08. The summed E-state index contributed by atoms with van der Waals surface area (Å²) in [6, 6.07) is 0. The summed E-state index contributed by atoms with van der Waals surface area (Å²) in [4.78, 5) is 32.9. The van der Waals surface area contributed by atoms with E-state index in [2.05, 4.69) is 35.8 Å². The van der Waals surface area contributed by atoms with Gasteiger partial charge in [0.15, 0.2) is 6.10 Å². The standard InChI is InChI=1S/C26H47O10P/c1-3-4-5-6-7-8-9-10-11-12-13-14-15-16-17-18-26(30)36-25(21-33-23(2)28)22-35-37(31,32)34-20-24(29)19-27/h7-8,10-11,24-25,27,29H,3-6,9,12-22H2,1-2H3,(H,31,32)/b8-7-,11-10-. The SMILES string of the molecule is CCCCC/C=C\C/C=C\CCCCCCCC(=O)OC(COC(C)=O)COP(=O)(O)OCC(O)CO. The van der Waals surface area contributed by atoms with E-state index in [-0.39, 0.29) is 13.0 Å². The highest BCUT2D eigenvalue weighted by atomic mass is 31.2. The van der Waals surface area contributed by atoms with Crippen molar-refractivity contribution in [2.75, 3.05) is 26.4 Å². The van der Waals surface area contributed by atoms with Crippen LogP contribution in [-0.4, -0.2) is 65.7 Å². The van der Waals surface area contributed by atoms with E-state index in [0.29, 0.717) is 6.42 Å². The van der Waals surface area contributed by atoms with Gasteiger partial charge >= 0.3 is 19.8 Å². The normalized spacial score (nSPS) is 15.1. The molecule has 3 unspecified atom stereocenters. The predicted octanol–water partition coefficient (Wildman–Crippen LogP) is 4.76. The highest BCUT2D eigenvalue weighted by molar-refractivity contribution is 7.47. The van der Waals surface area contributed by atoms with Gasteiger partial charge < -0.3 is 24.6 Å². The van der Waals surface area contributed by atoms with Gasteiger partial charge in [-0.25, -0.2) is 4.57 Å². The fraction of sp³-hybridized carbons (Fsp3) is 0.769. The number of esters is 2. The average molecular weight is 551 g/mol. The van der Waals surface area contributed by atoms with Gasteiger partial charge in [-0.05, 0) is 38.5 Å². The molecule has 0 aliphatic heterocycles. The van der Waals surface area contributed by atoms with Gasteiger partial charge in [0.2, 0.25) is 0 Å². The topological polar surface area (TPSA) is 149 Å². The van der Waals surface area contributed by atoms with Crippen LogP contribution in [0.2, 0.25) is 0 Å². The van der Waals surface area contributed by atoms with Crippen LogP contribution in [0.25, 0.3) is 0 Å². The van der Waals surface area contributed by atoms with Gasteiger partial charge in [-0.1, -0.05) is 63.3 Å². The number of aliphatic hydroxyl groups excluding tert-OH is 2. The van der Waals surface area contributed by atoms with Crippen molar-refractivity contribution < 1.29 is 47.8 Å². The number of allylic oxidation sites excluding steroid dienone is 4. The summed E-state index contributed by atoms with van der Waals surface area (Å²) in [5.41, 5.74) is 0. The summed E-state index contributed by atoms with van der Waals surface area (Å²) >= 11 is 0. The van der Waals surface area contributed by atoms with Crippen molar-refractivity contribution in [2.45, 2.75) is 103 Å². The lowest BCUT2D eigenvalue weighted by Crippen LogP contribution is -2.29. The number of unbranched alkanes of at least 4 members (excludes halogenated alkanes) is 8. The van der Waals surface area contributed by atoms with Crippen LogP contribution in [0.1, 0.15) is 90.9 Å². The van der Waals surface area contributed by atoms with Crippen molar-refractivity contribution in [3.8, 4) is 0 Å². The highest BCUT2D eigenvalue weighted by Crippen LogP contribution is 2.43. The Bertz CT molecular complexity index is 695. The zero-order valence-electron chi connectivity index (χ0n) is 22.4. The second-order valence-corrected chi connectivity index (χ2v) is 10.2. The summed E-state index contributed by atoms with van der Waals surface area (Å²) in [6.45, 7) is 1.22. The zero-order chi connectivity index (χ0) is 27.8. The third-order valence-electron chi connectivity index (χ3n) is 5.17. The number of phosphoric acid groups is 1. The van der Waals surface area contributed by atoms with Crippen molar-refractivity contribution in [3.63, 3.8) is 0 Å². The first kappa shape index (κ1) is 35.5. The Labute approximate surface area is 221 Å². The van der Waals surface area contributed by atoms with Crippen LogP contribution in [0.15, 0.2) is 24.3 Å². The van der Waals surface area contributed by atoms with E-state index in [0.717, 1.165) is 44.9 Å². The summed E-state index contributed by atoms with van der Waals surface area (Å²) in [5, 5.41) is 17.9. The van der Waals surface area contributed by atoms with Crippen molar-refractivity contribution >= 4 is 19.8 Å². The molecule has 10 nitrogen and oxygen atoms in total. The molecule has 37 heavy (non-hydrogen) atoms. The molecule has 0 saturated carbocycles. The van der Waals surface area contributed by atoms with Crippen LogP contribution in [0.4, 0.5) is 0 Å². The Morgan fingerprint density at radius 3 is 2.08 bits per heavy atom. The van der Waals surface area contributed by atoms with Crippen LogP contribution >= 0.6 is 7.82 Å². The van der Waals surface area contributed by atoms with Crippen molar-refractivity contribution in [1.82, 2.24) is 0 Å². The predicted molar refractivity (Wildman–Crippen MR) is 141 cm³/mol. The number of phosphoric ester groups is 1. The van der Waals surface area contributed by atoms with E-state index in [9.17, 15) is 24.2 Å². The van der Waals surface area contributed by atoms with Crippen LogP contribution in [0, 0.1) is 0 Å². The minimum absolute atomic E-state index is 0.164. The molecule has 0 spiro atoms. The number of carbonyl (C=O) groups excluding carboxylic acids is 2. The van der Waals surface area contributed by atoms with E-state index in [1.54, 1.807) is 0 Å². The van der Waals surface area contributed by atoms with E-state index < -0.39 is 51.8 Å². The average Bonchev–Trinajstić information content (AvgIpc) is 2.86. The molecule has 0 aromatic carbocycles. The molecule has 0 bridgehead atoms. The molecule has 0 aromatic rings. The number of aliphatic hydroxyl groups is 2.